The van der Waals surface area contributed by atoms with Crippen LogP contribution in [0.3, 0.4) is 0 Å². The van der Waals surface area contributed by atoms with Crippen molar-refractivity contribution >= 4 is 17.4 Å². The highest BCUT2D eigenvalue weighted by molar-refractivity contribution is 6.08. The number of amides is 1. The van der Waals surface area contributed by atoms with Gasteiger partial charge in [-0.2, -0.15) is 0 Å². The third-order valence-corrected chi connectivity index (χ3v) is 5.57. The summed E-state index contributed by atoms with van der Waals surface area (Å²) in [4.78, 5) is 19.5. The second-order valence-corrected chi connectivity index (χ2v) is 7.57. The number of benzene rings is 1. The maximum absolute atomic E-state index is 13.2. The lowest BCUT2D eigenvalue weighted by Crippen LogP contribution is -2.35. The number of nitrogens with one attached hydrogen (secondary N) is 1. The molecule has 0 radical (unpaired) electrons. The molecule has 1 N–H and O–H groups in total. The van der Waals surface area contributed by atoms with Gasteiger partial charge in [-0.25, -0.2) is 4.98 Å². The van der Waals surface area contributed by atoms with E-state index in [1.165, 1.54) is 31.2 Å². The molecule has 1 amide bonds. The van der Waals surface area contributed by atoms with Crippen molar-refractivity contribution in [2.24, 2.45) is 0 Å². The van der Waals surface area contributed by atoms with Crippen molar-refractivity contribution in [3.8, 4) is 0 Å². The predicted molar refractivity (Wildman–Crippen MR) is 110 cm³/mol. The first-order valence-corrected chi connectivity index (χ1v) is 10.0. The molecule has 1 atom stereocenters. The van der Waals surface area contributed by atoms with Crippen LogP contribution in [0, 0.1) is 0 Å². The summed E-state index contributed by atoms with van der Waals surface area (Å²) in [6, 6.07) is 12.0. The Morgan fingerprint density at radius 1 is 1.26 bits per heavy atom. The Kier molecular flexibility index (Phi) is 5.23. The first kappa shape index (κ1) is 17.8. The summed E-state index contributed by atoms with van der Waals surface area (Å²) in [5.41, 5.74) is 4.51. The van der Waals surface area contributed by atoms with Gasteiger partial charge in [0.2, 0.25) is 0 Å². The zero-order valence-corrected chi connectivity index (χ0v) is 15.9. The Labute approximate surface area is 161 Å². The van der Waals surface area contributed by atoms with Crippen molar-refractivity contribution in [1.82, 2.24) is 4.98 Å². The van der Waals surface area contributed by atoms with E-state index in [4.69, 9.17) is 0 Å². The van der Waals surface area contributed by atoms with Crippen molar-refractivity contribution in [2.75, 3.05) is 16.8 Å². The molecular weight excluding hydrogens is 334 g/mol. The lowest BCUT2D eigenvalue weighted by Gasteiger charge is -2.23. The minimum Gasteiger partial charge on any atom is -0.370 e. The molecule has 1 aliphatic carbocycles. The van der Waals surface area contributed by atoms with Crippen LogP contribution in [0.5, 0.6) is 0 Å². The molecule has 140 valence electrons. The summed E-state index contributed by atoms with van der Waals surface area (Å²) >= 11 is 0. The number of hydrogen-bond acceptors (Lipinski definition) is 3. The molecule has 2 aliphatic rings. The second-order valence-electron chi connectivity index (χ2n) is 7.57. The van der Waals surface area contributed by atoms with E-state index in [1.807, 2.05) is 35.2 Å². The number of carbonyl (C=O) groups excluding carboxylic acids is 1. The summed E-state index contributed by atoms with van der Waals surface area (Å²) < 4.78 is 0. The Bertz CT molecular complexity index is 858. The molecule has 0 fully saturated rings. The van der Waals surface area contributed by atoms with E-state index in [1.54, 1.807) is 11.8 Å². The fraction of sp³-hybridized carbons (Fsp3) is 0.391. The molecule has 4 rings (SSSR count). The SMILES string of the molecule is CC1Cc2ccccc2N1C(=O)c1ccnc(NCCC2=CCCCC2)c1. The maximum atomic E-state index is 13.2. The van der Waals surface area contributed by atoms with Crippen LogP contribution in [-0.4, -0.2) is 23.5 Å². The van der Waals surface area contributed by atoms with E-state index in [0.717, 1.165) is 30.9 Å². The second kappa shape index (κ2) is 7.95. The van der Waals surface area contributed by atoms with Crippen LogP contribution in [0.4, 0.5) is 11.5 Å². The fourth-order valence-corrected chi connectivity index (χ4v) is 4.16. The van der Waals surface area contributed by atoms with E-state index >= 15 is 0 Å². The molecule has 4 heteroatoms. The van der Waals surface area contributed by atoms with Gasteiger partial charge in [0.1, 0.15) is 5.82 Å². The first-order chi connectivity index (χ1) is 13.2. The Morgan fingerprint density at radius 2 is 2.15 bits per heavy atom. The van der Waals surface area contributed by atoms with Crippen molar-refractivity contribution in [1.29, 1.82) is 0 Å². The zero-order chi connectivity index (χ0) is 18.6. The van der Waals surface area contributed by atoms with E-state index in [-0.39, 0.29) is 11.9 Å². The maximum Gasteiger partial charge on any atom is 0.258 e. The lowest BCUT2D eigenvalue weighted by atomic mass is 9.97. The molecule has 0 saturated carbocycles. The van der Waals surface area contributed by atoms with E-state index in [0.29, 0.717) is 5.56 Å². The quantitative estimate of drug-likeness (QED) is 0.764. The van der Waals surface area contributed by atoms with Crippen LogP contribution in [0.25, 0.3) is 0 Å². The number of anilines is 2. The van der Waals surface area contributed by atoms with Crippen LogP contribution in [0.1, 0.15) is 54.9 Å². The number of para-hydroxylation sites is 1. The van der Waals surface area contributed by atoms with Gasteiger partial charge in [-0.3, -0.25) is 4.79 Å². The number of pyridine rings is 1. The third kappa shape index (κ3) is 3.90. The number of fused-ring (bicyclic) bond motifs is 1. The first-order valence-electron chi connectivity index (χ1n) is 10.0. The standard InChI is InChI=1S/C23H27N3O/c1-17-15-19-9-5-6-10-21(19)26(17)23(27)20-12-14-25-22(16-20)24-13-11-18-7-3-2-4-8-18/h5-7,9-10,12,14,16-17H,2-4,8,11,13,15H2,1H3,(H,24,25). The minimum absolute atomic E-state index is 0.0490. The molecular formula is C23H27N3O. The van der Waals surface area contributed by atoms with Crippen molar-refractivity contribution in [3.63, 3.8) is 0 Å². The molecule has 2 aromatic rings. The molecule has 1 aromatic heterocycles. The number of nitrogens with zero attached hydrogens (tertiary/aromatic N) is 2. The molecule has 0 bridgehead atoms. The summed E-state index contributed by atoms with van der Waals surface area (Å²) in [7, 11) is 0. The van der Waals surface area contributed by atoms with Gasteiger partial charge in [-0.05, 0) is 69.2 Å². The van der Waals surface area contributed by atoms with Crippen LogP contribution in [-0.2, 0) is 6.42 Å². The average Bonchev–Trinajstić information content (AvgIpc) is 3.04. The van der Waals surface area contributed by atoms with E-state index < -0.39 is 0 Å². The van der Waals surface area contributed by atoms with Gasteiger partial charge in [-0.15, -0.1) is 0 Å². The molecule has 1 unspecified atom stereocenters. The van der Waals surface area contributed by atoms with Gasteiger partial charge in [0.25, 0.3) is 5.91 Å². The van der Waals surface area contributed by atoms with Gasteiger partial charge in [0.15, 0.2) is 0 Å². The normalized spacial score (nSPS) is 18.8. The highest BCUT2D eigenvalue weighted by atomic mass is 16.2. The van der Waals surface area contributed by atoms with Gasteiger partial charge in [-0.1, -0.05) is 29.8 Å². The van der Waals surface area contributed by atoms with Crippen molar-refractivity contribution in [3.05, 3.63) is 65.4 Å². The number of rotatable bonds is 5. The highest BCUT2D eigenvalue weighted by Crippen LogP contribution is 2.33. The zero-order valence-electron chi connectivity index (χ0n) is 15.9. The number of aromatic nitrogens is 1. The predicted octanol–water partition coefficient (Wildman–Crippen LogP) is 4.98. The molecule has 1 aromatic carbocycles. The number of hydrogen-bond donors (Lipinski definition) is 1. The van der Waals surface area contributed by atoms with Gasteiger partial charge in [0.05, 0.1) is 0 Å². The Balaban J connectivity index is 1.44. The van der Waals surface area contributed by atoms with E-state index in [2.05, 4.69) is 29.4 Å². The largest absolute Gasteiger partial charge is 0.370 e. The Morgan fingerprint density at radius 3 is 3.00 bits per heavy atom. The summed E-state index contributed by atoms with van der Waals surface area (Å²) in [5, 5.41) is 3.39. The van der Waals surface area contributed by atoms with Gasteiger partial charge < -0.3 is 10.2 Å². The molecule has 2 heterocycles. The van der Waals surface area contributed by atoms with Crippen molar-refractivity contribution in [2.45, 2.75) is 51.5 Å². The molecule has 0 spiro atoms. The van der Waals surface area contributed by atoms with Crippen LogP contribution >= 0.6 is 0 Å². The molecule has 0 saturated heterocycles. The highest BCUT2D eigenvalue weighted by Gasteiger charge is 2.31. The summed E-state index contributed by atoms with van der Waals surface area (Å²) in [5.74, 6) is 0.824. The van der Waals surface area contributed by atoms with Crippen molar-refractivity contribution < 1.29 is 4.79 Å². The van der Waals surface area contributed by atoms with Crippen LogP contribution in [0.15, 0.2) is 54.2 Å². The van der Waals surface area contributed by atoms with E-state index in [9.17, 15) is 4.79 Å². The lowest BCUT2D eigenvalue weighted by molar-refractivity contribution is 0.0981. The summed E-state index contributed by atoms with van der Waals surface area (Å²) in [6.07, 6.45) is 11.1. The van der Waals surface area contributed by atoms with Gasteiger partial charge in [0, 0.05) is 30.0 Å². The fourth-order valence-electron chi connectivity index (χ4n) is 4.16. The molecule has 4 nitrogen and oxygen atoms in total. The molecule has 1 aliphatic heterocycles. The third-order valence-electron chi connectivity index (χ3n) is 5.57. The monoisotopic (exact) mass is 361 g/mol. The number of carbonyl (C=O) groups is 1. The molecule has 27 heavy (non-hydrogen) atoms. The smallest absolute Gasteiger partial charge is 0.258 e. The minimum atomic E-state index is 0.0490. The average molecular weight is 361 g/mol. The van der Waals surface area contributed by atoms with Gasteiger partial charge >= 0.3 is 0 Å². The number of allylic oxidation sites excluding steroid dienone is 1. The Hall–Kier alpha value is -2.62. The topological polar surface area (TPSA) is 45.2 Å². The summed E-state index contributed by atoms with van der Waals surface area (Å²) in [6.45, 7) is 2.97. The van der Waals surface area contributed by atoms with Crippen LogP contribution < -0.4 is 10.2 Å². The van der Waals surface area contributed by atoms with Crippen LogP contribution in [0.2, 0.25) is 0 Å².